The molecular formula is C20H15BrN2S. The van der Waals surface area contributed by atoms with Crippen LogP contribution >= 0.6 is 27.3 Å². The van der Waals surface area contributed by atoms with Crippen molar-refractivity contribution < 1.29 is 0 Å². The molecule has 1 heterocycles. The number of nitriles is 1. The van der Waals surface area contributed by atoms with Gasteiger partial charge in [-0.2, -0.15) is 5.26 Å². The fraction of sp³-hybridized carbons (Fsp3) is 0.100. The first kappa shape index (κ1) is 16.6. The Morgan fingerprint density at radius 3 is 2.58 bits per heavy atom. The number of hydrogen-bond acceptors (Lipinski definition) is 3. The third-order valence-corrected chi connectivity index (χ3v) is 5.10. The molecule has 0 bridgehead atoms. The normalized spacial score (nSPS) is 11.3. The van der Waals surface area contributed by atoms with E-state index < -0.39 is 0 Å². The molecule has 118 valence electrons. The van der Waals surface area contributed by atoms with Crippen LogP contribution in [0, 0.1) is 25.2 Å². The van der Waals surface area contributed by atoms with Crippen LogP contribution in [0.4, 0.5) is 0 Å². The lowest BCUT2D eigenvalue weighted by molar-refractivity contribution is 1.32. The van der Waals surface area contributed by atoms with Crippen LogP contribution in [0.1, 0.15) is 21.7 Å². The molecule has 0 amide bonds. The van der Waals surface area contributed by atoms with Crippen molar-refractivity contribution >= 4 is 38.9 Å². The number of allylic oxidation sites excluding steroid dienone is 1. The molecule has 0 saturated carbocycles. The van der Waals surface area contributed by atoms with Crippen molar-refractivity contribution in [3.8, 4) is 17.3 Å². The number of nitrogens with zero attached hydrogens (tertiary/aromatic N) is 2. The lowest BCUT2D eigenvalue weighted by Gasteiger charge is -2.03. The Balaban J connectivity index is 1.96. The number of hydrogen-bond donors (Lipinski definition) is 0. The van der Waals surface area contributed by atoms with Crippen molar-refractivity contribution in [2.45, 2.75) is 13.8 Å². The molecule has 4 heteroatoms. The average molecular weight is 395 g/mol. The molecule has 0 spiro atoms. The number of halogens is 1. The Kier molecular flexibility index (Phi) is 4.94. The van der Waals surface area contributed by atoms with Crippen LogP contribution in [0.5, 0.6) is 0 Å². The van der Waals surface area contributed by atoms with Gasteiger partial charge in [-0.1, -0.05) is 51.8 Å². The van der Waals surface area contributed by atoms with E-state index in [9.17, 15) is 5.26 Å². The van der Waals surface area contributed by atoms with Gasteiger partial charge in [-0.25, -0.2) is 4.98 Å². The molecule has 2 nitrogen and oxygen atoms in total. The predicted molar refractivity (Wildman–Crippen MR) is 105 cm³/mol. The highest BCUT2D eigenvalue weighted by molar-refractivity contribution is 9.10. The monoisotopic (exact) mass is 394 g/mol. The van der Waals surface area contributed by atoms with Gasteiger partial charge >= 0.3 is 0 Å². The Morgan fingerprint density at radius 2 is 1.92 bits per heavy atom. The first-order valence-corrected chi connectivity index (χ1v) is 9.15. The second-order valence-corrected chi connectivity index (χ2v) is 7.35. The van der Waals surface area contributed by atoms with E-state index in [0.717, 1.165) is 26.3 Å². The smallest absolute Gasteiger partial charge is 0.134 e. The standard InChI is InChI=1S/C20H15BrN2S/c1-13-3-8-18(14(2)9-13)19-12-24-20(23-19)16(11-22)10-15-4-6-17(21)7-5-15/h3-10,12H,1-2H3/b16-10+. The van der Waals surface area contributed by atoms with E-state index in [1.165, 1.54) is 22.5 Å². The van der Waals surface area contributed by atoms with Gasteiger partial charge in [0.25, 0.3) is 0 Å². The second kappa shape index (κ2) is 7.12. The first-order chi connectivity index (χ1) is 11.6. The van der Waals surface area contributed by atoms with Gasteiger partial charge in [0.1, 0.15) is 11.1 Å². The summed E-state index contributed by atoms with van der Waals surface area (Å²) in [6.07, 6.45) is 1.87. The van der Waals surface area contributed by atoms with Crippen LogP contribution in [0.15, 0.2) is 52.3 Å². The predicted octanol–water partition coefficient (Wildman–Crippen LogP) is 6.25. The van der Waals surface area contributed by atoms with Crippen LogP contribution in [0.2, 0.25) is 0 Å². The SMILES string of the molecule is Cc1ccc(-c2csc(/C(C#N)=C/c3ccc(Br)cc3)n2)c(C)c1. The maximum atomic E-state index is 9.51. The summed E-state index contributed by atoms with van der Waals surface area (Å²) in [6, 6.07) is 16.5. The molecule has 24 heavy (non-hydrogen) atoms. The van der Waals surface area contributed by atoms with E-state index in [1.807, 2.05) is 35.7 Å². The minimum absolute atomic E-state index is 0.582. The summed E-state index contributed by atoms with van der Waals surface area (Å²) in [5.41, 5.74) is 6.03. The second-order valence-electron chi connectivity index (χ2n) is 5.58. The Bertz CT molecular complexity index is 947. The van der Waals surface area contributed by atoms with Crippen LogP contribution in [-0.2, 0) is 0 Å². The summed E-state index contributed by atoms with van der Waals surface area (Å²) in [6.45, 7) is 4.17. The molecule has 0 aliphatic carbocycles. The number of rotatable bonds is 3. The van der Waals surface area contributed by atoms with Gasteiger partial charge in [-0.15, -0.1) is 11.3 Å². The van der Waals surface area contributed by atoms with Crippen LogP contribution in [-0.4, -0.2) is 4.98 Å². The number of aromatic nitrogens is 1. The molecule has 2 aromatic carbocycles. The van der Waals surface area contributed by atoms with Gasteiger partial charge in [0, 0.05) is 15.4 Å². The molecule has 0 fully saturated rings. The highest BCUT2D eigenvalue weighted by Gasteiger charge is 2.10. The summed E-state index contributed by atoms with van der Waals surface area (Å²) in [5.74, 6) is 0. The van der Waals surface area contributed by atoms with Crippen LogP contribution in [0.25, 0.3) is 22.9 Å². The highest BCUT2D eigenvalue weighted by atomic mass is 79.9. The Labute approximate surface area is 154 Å². The van der Waals surface area contributed by atoms with Crippen molar-refractivity contribution in [2.75, 3.05) is 0 Å². The summed E-state index contributed by atoms with van der Waals surface area (Å²) >= 11 is 4.92. The average Bonchev–Trinajstić information content (AvgIpc) is 3.04. The molecule has 0 unspecified atom stereocenters. The maximum Gasteiger partial charge on any atom is 0.134 e. The van der Waals surface area contributed by atoms with E-state index >= 15 is 0 Å². The Hall–Kier alpha value is -2.22. The van der Waals surface area contributed by atoms with Gasteiger partial charge in [-0.3, -0.25) is 0 Å². The molecule has 0 saturated heterocycles. The first-order valence-electron chi connectivity index (χ1n) is 7.48. The van der Waals surface area contributed by atoms with E-state index in [-0.39, 0.29) is 0 Å². The van der Waals surface area contributed by atoms with E-state index in [1.54, 1.807) is 0 Å². The van der Waals surface area contributed by atoms with Crippen molar-refractivity contribution in [3.05, 3.63) is 74.0 Å². The Morgan fingerprint density at radius 1 is 1.17 bits per heavy atom. The zero-order valence-corrected chi connectivity index (χ0v) is 15.8. The largest absolute Gasteiger partial charge is 0.235 e. The molecule has 1 aromatic heterocycles. The molecule has 3 rings (SSSR count). The van der Waals surface area contributed by atoms with Crippen LogP contribution < -0.4 is 0 Å². The van der Waals surface area contributed by atoms with E-state index in [4.69, 9.17) is 0 Å². The fourth-order valence-electron chi connectivity index (χ4n) is 2.49. The molecule has 0 atom stereocenters. The van der Waals surface area contributed by atoms with Crippen molar-refractivity contribution in [3.63, 3.8) is 0 Å². The number of benzene rings is 2. The minimum atomic E-state index is 0.582. The summed E-state index contributed by atoms with van der Waals surface area (Å²) in [5, 5.41) is 12.3. The molecule has 3 aromatic rings. The van der Waals surface area contributed by atoms with Gasteiger partial charge < -0.3 is 0 Å². The summed E-state index contributed by atoms with van der Waals surface area (Å²) < 4.78 is 1.02. The number of thiazole rings is 1. The highest BCUT2D eigenvalue weighted by Crippen LogP contribution is 2.29. The molecule has 0 aliphatic heterocycles. The summed E-state index contributed by atoms with van der Waals surface area (Å²) in [4.78, 5) is 4.67. The van der Waals surface area contributed by atoms with Gasteiger partial charge in [-0.05, 0) is 43.2 Å². The maximum absolute atomic E-state index is 9.51. The lowest BCUT2D eigenvalue weighted by atomic mass is 10.0. The number of aryl methyl sites for hydroxylation is 2. The van der Waals surface area contributed by atoms with Crippen molar-refractivity contribution in [2.24, 2.45) is 0 Å². The van der Waals surface area contributed by atoms with Gasteiger partial charge in [0.15, 0.2) is 0 Å². The fourth-order valence-corrected chi connectivity index (χ4v) is 3.54. The molecule has 0 N–H and O–H groups in total. The van der Waals surface area contributed by atoms with Gasteiger partial charge in [0.05, 0.1) is 11.3 Å². The van der Waals surface area contributed by atoms with Gasteiger partial charge in [0.2, 0.25) is 0 Å². The lowest BCUT2D eigenvalue weighted by Crippen LogP contribution is -1.86. The van der Waals surface area contributed by atoms with Crippen LogP contribution in [0.3, 0.4) is 0 Å². The molecule has 0 aliphatic rings. The minimum Gasteiger partial charge on any atom is -0.235 e. The zero-order valence-electron chi connectivity index (χ0n) is 13.4. The van der Waals surface area contributed by atoms with Crippen molar-refractivity contribution in [1.29, 1.82) is 5.26 Å². The topological polar surface area (TPSA) is 36.7 Å². The molecular weight excluding hydrogens is 380 g/mol. The third kappa shape index (κ3) is 3.64. The van der Waals surface area contributed by atoms with E-state index in [0.29, 0.717) is 5.57 Å². The molecule has 0 radical (unpaired) electrons. The quantitative estimate of drug-likeness (QED) is 0.491. The van der Waals surface area contributed by atoms with Crippen molar-refractivity contribution in [1.82, 2.24) is 4.98 Å². The third-order valence-electron chi connectivity index (χ3n) is 3.69. The zero-order chi connectivity index (χ0) is 17.1. The van der Waals surface area contributed by atoms with E-state index in [2.05, 4.69) is 59.0 Å². The summed E-state index contributed by atoms with van der Waals surface area (Å²) in [7, 11) is 0.